The van der Waals surface area contributed by atoms with Crippen LogP contribution < -0.4 is 0 Å². The van der Waals surface area contributed by atoms with Crippen LogP contribution in [-0.4, -0.2) is 34.5 Å². The summed E-state index contributed by atoms with van der Waals surface area (Å²) in [7, 11) is 0. The topological polar surface area (TPSA) is 57.6 Å². The molecule has 2 aliphatic rings. The quantitative estimate of drug-likeness (QED) is 0.816. The molecule has 4 heteroatoms. The Bertz CT molecular complexity index is 334. The van der Waals surface area contributed by atoms with E-state index in [9.17, 15) is 9.59 Å². The summed E-state index contributed by atoms with van der Waals surface area (Å²) < 4.78 is 0. The Morgan fingerprint density at radius 2 is 1.83 bits per heavy atom. The van der Waals surface area contributed by atoms with Gasteiger partial charge in [0.05, 0.1) is 11.8 Å². The summed E-state index contributed by atoms with van der Waals surface area (Å²) in [6.07, 6.45) is 5.10. The zero-order valence-corrected chi connectivity index (χ0v) is 11.3. The van der Waals surface area contributed by atoms with Crippen molar-refractivity contribution in [3.63, 3.8) is 0 Å². The number of aliphatic carboxylic acids is 1. The van der Waals surface area contributed by atoms with Crippen LogP contribution in [-0.2, 0) is 9.59 Å². The smallest absolute Gasteiger partial charge is 0.307 e. The minimum absolute atomic E-state index is 0.0861. The van der Waals surface area contributed by atoms with E-state index in [4.69, 9.17) is 5.11 Å². The van der Waals surface area contributed by atoms with Crippen molar-refractivity contribution in [1.29, 1.82) is 0 Å². The molecule has 0 bridgehead atoms. The molecule has 2 rings (SSSR count). The van der Waals surface area contributed by atoms with Crippen molar-refractivity contribution in [3.8, 4) is 0 Å². The monoisotopic (exact) mass is 253 g/mol. The van der Waals surface area contributed by atoms with Gasteiger partial charge in [-0.3, -0.25) is 9.59 Å². The summed E-state index contributed by atoms with van der Waals surface area (Å²) in [6, 6.07) is 0.356. The van der Waals surface area contributed by atoms with Crippen molar-refractivity contribution >= 4 is 11.9 Å². The second-order valence-corrected chi connectivity index (χ2v) is 6.11. The zero-order chi connectivity index (χ0) is 13.3. The summed E-state index contributed by atoms with van der Waals surface area (Å²) in [6.45, 7) is 4.99. The molecule has 2 fully saturated rings. The normalized spacial score (nSPS) is 27.5. The Balaban J connectivity index is 1.99. The molecule has 0 heterocycles. The molecule has 1 amide bonds. The minimum Gasteiger partial charge on any atom is -0.481 e. The fourth-order valence-corrected chi connectivity index (χ4v) is 2.98. The van der Waals surface area contributed by atoms with Crippen molar-refractivity contribution < 1.29 is 14.7 Å². The molecule has 0 radical (unpaired) electrons. The van der Waals surface area contributed by atoms with Gasteiger partial charge in [-0.15, -0.1) is 0 Å². The molecule has 18 heavy (non-hydrogen) atoms. The number of carbonyl (C=O) groups excluding carboxylic acids is 1. The second-order valence-electron chi connectivity index (χ2n) is 6.11. The highest BCUT2D eigenvalue weighted by Gasteiger charge is 2.50. The van der Waals surface area contributed by atoms with Crippen molar-refractivity contribution in [2.24, 2.45) is 17.8 Å². The van der Waals surface area contributed by atoms with Crippen LogP contribution in [0.25, 0.3) is 0 Å². The lowest BCUT2D eigenvalue weighted by Gasteiger charge is -2.31. The summed E-state index contributed by atoms with van der Waals surface area (Å²) in [5.41, 5.74) is 0. The van der Waals surface area contributed by atoms with Gasteiger partial charge in [0.2, 0.25) is 5.91 Å². The lowest BCUT2D eigenvalue weighted by atomic mass is 10.1. The molecule has 2 aliphatic carbocycles. The van der Waals surface area contributed by atoms with Crippen molar-refractivity contribution in [2.75, 3.05) is 6.54 Å². The lowest BCUT2D eigenvalue weighted by molar-refractivity contribution is -0.143. The Hall–Kier alpha value is -1.06. The largest absolute Gasteiger partial charge is 0.481 e. The van der Waals surface area contributed by atoms with Crippen molar-refractivity contribution in [2.45, 2.75) is 52.0 Å². The number of hydrogen-bond acceptors (Lipinski definition) is 2. The van der Waals surface area contributed by atoms with Gasteiger partial charge in [0, 0.05) is 12.6 Å². The second kappa shape index (κ2) is 5.29. The van der Waals surface area contributed by atoms with Crippen LogP contribution in [0.2, 0.25) is 0 Å². The van der Waals surface area contributed by atoms with Crippen LogP contribution >= 0.6 is 0 Å². The van der Waals surface area contributed by atoms with E-state index in [1.807, 2.05) is 4.90 Å². The fraction of sp³-hybridized carbons (Fsp3) is 0.857. The number of carbonyl (C=O) groups is 2. The van der Waals surface area contributed by atoms with E-state index in [0.717, 1.165) is 19.4 Å². The summed E-state index contributed by atoms with van der Waals surface area (Å²) >= 11 is 0. The van der Waals surface area contributed by atoms with Gasteiger partial charge in [0.15, 0.2) is 0 Å². The van der Waals surface area contributed by atoms with Gasteiger partial charge in [0.1, 0.15) is 0 Å². The summed E-state index contributed by atoms with van der Waals surface area (Å²) in [5.74, 6) is -0.959. The maximum Gasteiger partial charge on any atom is 0.307 e. The molecule has 0 saturated heterocycles. The summed E-state index contributed by atoms with van der Waals surface area (Å²) in [4.78, 5) is 25.3. The van der Waals surface area contributed by atoms with Crippen LogP contribution in [0.15, 0.2) is 0 Å². The maximum atomic E-state index is 12.4. The zero-order valence-electron chi connectivity index (χ0n) is 11.3. The van der Waals surface area contributed by atoms with E-state index in [2.05, 4.69) is 13.8 Å². The number of hydrogen-bond donors (Lipinski definition) is 1. The third-order valence-electron chi connectivity index (χ3n) is 4.04. The van der Waals surface area contributed by atoms with E-state index >= 15 is 0 Å². The Morgan fingerprint density at radius 3 is 2.28 bits per heavy atom. The first-order valence-electron chi connectivity index (χ1n) is 7.04. The number of rotatable bonds is 5. The molecule has 0 aromatic heterocycles. The molecule has 2 saturated carbocycles. The van der Waals surface area contributed by atoms with Gasteiger partial charge in [-0.1, -0.05) is 26.7 Å². The SMILES string of the molecule is CC(C)CN(C(=O)C1CC1C(=O)O)C1CCCC1. The van der Waals surface area contributed by atoms with E-state index in [1.54, 1.807) is 0 Å². The predicted octanol–water partition coefficient (Wildman–Crippen LogP) is 2.13. The van der Waals surface area contributed by atoms with E-state index in [1.165, 1.54) is 12.8 Å². The summed E-state index contributed by atoms with van der Waals surface area (Å²) in [5, 5.41) is 8.93. The van der Waals surface area contributed by atoms with Crippen molar-refractivity contribution in [3.05, 3.63) is 0 Å². The highest BCUT2D eigenvalue weighted by molar-refractivity contribution is 5.89. The Labute approximate surface area is 108 Å². The molecule has 0 aromatic carbocycles. The van der Waals surface area contributed by atoms with Crippen LogP contribution in [0, 0.1) is 17.8 Å². The molecule has 4 nitrogen and oxygen atoms in total. The molecule has 0 aromatic rings. The van der Waals surface area contributed by atoms with Gasteiger partial charge in [-0.05, 0) is 25.2 Å². The average Bonchev–Trinajstić information content (AvgIpc) is 2.93. The first-order valence-corrected chi connectivity index (χ1v) is 7.04. The van der Waals surface area contributed by atoms with Crippen LogP contribution in [0.1, 0.15) is 46.0 Å². The Kier molecular flexibility index (Phi) is 3.93. The van der Waals surface area contributed by atoms with E-state index in [-0.39, 0.29) is 11.8 Å². The number of carboxylic acids is 1. The van der Waals surface area contributed by atoms with Gasteiger partial charge in [-0.2, -0.15) is 0 Å². The van der Waals surface area contributed by atoms with Gasteiger partial charge in [-0.25, -0.2) is 0 Å². The van der Waals surface area contributed by atoms with Crippen LogP contribution in [0.4, 0.5) is 0 Å². The molecule has 102 valence electrons. The minimum atomic E-state index is -0.815. The fourth-order valence-electron chi connectivity index (χ4n) is 2.98. The van der Waals surface area contributed by atoms with Crippen LogP contribution in [0.3, 0.4) is 0 Å². The molecule has 0 spiro atoms. The molecular weight excluding hydrogens is 230 g/mol. The molecule has 1 N–H and O–H groups in total. The third-order valence-corrected chi connectivity index (χ3v) is 4.04. The first-order chi connectivity index (χ1) is 8.50. The Morgan fingerprint density at radius 1 is 1.22 bits per heavy atom. The van der Waals surface area contributed by atoms with Gasteiger partial charge >= 0.3 is 5.97 Å². The van der Waals surface area contributed by atoms with Crippen LogP contribution in [0.5, 0.6) is 0 Å². The lowest BCUT2D eigenvalue weighted by Crippen LogP contribution is -2.42. The van der Waals surface area contributed by atoms with E-state index in [0.29, 0.717) is 18.4 Å². The molecule has 2 atom stereocenters. The molecule has 2 unspecified atom stereocenters. The molecular formula is C14H23NO3. The predicted molar refractivity (Wildman–Crippen MR) is 68.0 cm³/mol. The number of amides is 1. The average molecular weight is 253 g/mol. The standard InChI is InChI=1S/C14H23NO3/c1-9(2)8-15(10-5-3-4-6-10)13(16)11-7-12(11)14(17)18/h9-12H,3-8H2,1-2H3,(H,17,18). The highest BCUT2D eigenvalue weighted by Crippen LogP contribution is 2.41. The maximum absolute atomic E-state index is 12.4. The number of carboxylic acid groups (broad SMARTS) is 1. The number of nitrogens with zero attached hydrogens (tertiary/aromatic N) is 1. The van der Waals surface area contributed by atoms with Gasteiger partial charge in [0.25, 0.3) is 0 Å². The van der Waals surface area contributed by atoms with E-state index < -0.39 is 11.9 Å². The van der Waals surface area contributed by atoms with Crippen molar-refractivity contribution in [1.82, 2.24) is 4.90 Å². The third kappa shape index (κ3) is 2.85. The molecule has 0 aliphatic heterocycles. The highest BCUT2D eigenvalue weighted by atomic mass is 16.4. The first kappa shape index (κ1) is 13.4. The van der Waals surface area contributed by atoms with Gasteiger partial charge < -0.3 is 10.0 Å².